The Morgan fingerprint density at radius 1 is 0.521 bits per heavy atom. The largest absolute Gasteiger partial charge is 0.242 e. The van der Waals surface area contributed by atoms with Crippen molar-refractivity contribution in [2.24, 2.45) is 0 Å². The minimum absolute atomic E-state index is 0.0266. The van der Waals surface area contributed by atoms with Gasteiger partial charge in [-0.2, -0.15) is 0 Å². The summed E-state index contributed by atoms with van der Waals surface area (Å²) in [6.45, 7) is 19.9. The molecular formula is C40H48Br2N2O2S2. The van der Waals surface area contributed by atoms with Crippen molar-refractivity contribution in [3.05, 3.63) is 166 Å². The standard InChI is InChI=1S/2C20H24BrNOS/c2*1-5-18(15-9-7-6-8-10-15)19(22-24(23)20(2,3)4)16-11-13-17(21)14-12-16/h2*5-14,18-19,22H,1H2,2-4H3/t2*18-,19+,24-/m00/s1. The third-order valence-electron chi connectivity index (χ3n) is 7.63. The Bertz CT molecular complexity index is 1510. The molecule has 0 aliphatic carbocycles. The van der Waals surface area contributed by atoms with Crippen LogP contribution in [0.2, 0.25) is 0 Å². The van der Waals surface area contributed by atoms with E-state index in [0.717, 1.165) is 31.2 Å². The lowest BCUT2D eigenvalue weighted by atomic mass is 9.88. The van der Waals surface area contributed by atoms with Crippen LogP contribution in [0.5, 0.6) is 0 Å². The lowest BCUT2D eigenvalue weighted by molar-refractivity contribution is 0.566. The molecule has 48 heavy (non-hydrogen) atoms. The number of rotatable bonds is 12. The maximum absolute atomic E-state index is 12.7. The number of nitrogens with one attached hydrogen (secondary N) is 2. The number of hydrogen-bond donors (Lipinski definition) is 2. The van der Waals surface area contributed by atoms with Gasteiger partial charge >= 0.3 is 0 Å². The normalized spacial score (nSPS) is 15.5. The van der Waals surface area contributed by atoms with Crippen molar-refractivity contribution < 1.29 is 8.42 Å². The average Bonchev–Trinajstić information content (AvgIpc) is 3.05. The molecule has 0 saturated carbocycles. The van der Waals surface area contributed by atoms with Crippen molar-refractivity contribution in [2.75, 3.05) is 0 Å². The summed E-state index contributed by atoms with van der Waals surface area (Å²) < 4.78 is 33.5. The molecule has 8 heteroatoms. The Morgan fingerprint density at radius 2 is 0.812 bits per heavy atom. The summed E-state index contributed by atoms with van der Waals surface area (Å²) in [6, 6.07) is 36.4. The van der Waals surface area contributed by atoms with E-state index >= 15 is 0 Å². The molecule has 0 bridgehead atoms. The van der Waals surface area contributed by atoms with Gasteiger partial charge in [-0.25, -0.2) is 17.9 Å². The molecule has 2 N–H and O–H groups in total. The SMILES string of the molecule is C=C[C@@H](c1ccccc1)[C@H](N[S@@](=O)C(C)(C)C)c1ccc(Br)cc1.C=C[C@@H](c1ccccc1)[C@H](N[S@@](=O)C(C)(C)C)c1ccc(Br)cc1. The van der Waals surface area contributed by atoms with Crippen molar-refractivity contribution in [3.63, 3.8) is 0 Å². The van der Waals surface area contributed by atoms with Crippen molar-refractivity contribution >= 4 is 53.8 Å². The second kappa shape index (κ2) is 18.5. The minimum Gasteiger partial charge on any atom is -0.242 e. The predicted molar refractivity (Wildman–Crippen MR) is 215 cm³/mol. The van der Waals surface area contributed by atoms with E-state index in [1.807, 2.05) is 114 Å². The van der Waals surface area contributed by atoms with Crippen molar-refractivity contribution in [1.29, 1.82) is 0 Å². The lowest BCUT2D eigenvalue weighted by Crippen LogP contribution is -2.37. The van der Waals surface area contributed by atoms with Gasteiger partial charge in [-0.15, -0.1) is 13.2 Å². The van der Waals surface area contributed by atoms with Crippen molar-refractivity contribution in [2.45, 2.75) is 75.0 Å². The topological polar surface area (TPSA) is 58.2 Å². The molecule has 0 spiro atoms. The van der Waals surface area contributed by atoms with Crippen LogP contribution in [0.25, 0.3) is 0 Å². The highest BCUT2D eigenvalue weighted by Crippen LogP contribution is 2.35. The fourth-order valence-corrected chi connectivity index (χ4v) is 7.16. The molecule has 4 nitrogen and oxygen atoms in total. The van der Waals surface area contributed by atoms with E-state index in [1.54, 1.807) is 0 Å². The molecule has 4 aromatic rings. The Morgan fingerprint density at radius 3 is 1.06 bits per heavy atom. The molecule has 4 aromatic carbocycles. The first-order valence-corrected chi connectivity index (χ1v) is 19.8. The highest BCUT2D eigenvalue weighted by molar-refractivity contribution is 9.10. The first kappa shape index (κ1) is 40.0. The van der Waals surface area contributed by atoms with Gasteiger partial charge in [0, 0.05) is 20.8 Å². The van der Waals surface area contributed by atoms with E-state index in [9.17, 15) is 8.42 Å². The van der Waals surface area contributed by atoms with Gasteiger partial charge in [-0.3, -0.25) is 0 Å². The lowest BCUT2D eigenvalue weighted by Gasteiger charge is -2.29. The molecule has 0 unspecified atom stereocenters. The van der Waals surface area contributed by atoms with Gasteiger partial charge in [0.15, 0.2) is 0 Å². The van der Waals surface area contributed by atoms with Crippen LogP contribution in [0.1, 0.15) is 87.7 Å². The molecule has 0 aliphatic heterocycles. The summed E-state index contributed by atoms with van der Waals surface area (Å²) in [5.41, 5.74) is 4.48. The van der Waals surface area contributed by atoms with E-state index in [0.29, 0.717) is 0 Å². The van der Waals surface area contributed by atoms with Crippen LogP contribution >= 0.6 is 31.9 Å². The molecular weight excluding hydrogens is 764 g/mol. The van der Waals surface area contributed by atoms with Gasteiger partial charge in [-0.1, -0.05) is 129 Å². The van der Waals surface area contributed by atoms with Crippen molar-refractivity contribution in [3.8, 4) is 0 Å². The average molecular weight is 813 g/mol. The Balaban J connectivity index is 0.000000260. The van der Waals surface area contributed by atoms with Gasteiger partial charge in [-0.05, 0) is 88.1 Å². The summed E-state index contributed by atoms with van der Waals surface area (Å²) >= 11 is 6.95. The molecule has 0 heterocycles. The zero-order valence-electron chi connectivity index (χ0n) is 28.7. The molecule has 0 aliphatic rings. The number of hydrogen-bond acceptors (Lipinski definition) is 2. The van der Waals surface area contributed by atoms with Gasteiger partial charge in [0.25, 0.3) is 0 Å². The van der Waals surface area contributed by atoms with Crippen LogP contribution in [0.4, 0.5) is 0 Å². The van der Waals surface area contributed by atoms with E-state index in [2.05, 4.69) is 103 Å². The number of benzene rings is 4. The highest BCUT2D eigenvalue weighted by atomic mass is 79.9. The first-order valence-electron chi connectivity index (χ1n) is 15.9. The van der Waals surface area contributed by atoms with E-state index in [1.165, 1.54) is 0 Å². The van der Waals surface area contributed by atoms with Crippen LogP contribution < -0.4 is 9.44 Å². The Hall–Kier alpha value is -2.46. The zero-order chi connectivity index (χ0) is 35.5. The third kappa shape index (κ3) is 11.9. The Labute approximate surface area is 310 Å². The molecule has 0 fully saturated rings. The Kier molecular flexibility index (Phi) is 15.4. The summed E-state index contributed by atoms with van der Waals surface area (Å²) in [5.74, 6) is 0.0531. The van der Waals surface area contributed by atoms with Crippen LogP contribution in [0.3, 0.4) is 0 Å². The maximum atomic E-state index is 12.7. The summed E-state index contributed by atoms with van der Waals surface area (Å²) in [5, 5.41) is 0. The summed E-state index contributed by atoms with van der Waals surface area (Å²) in [6.07, 6.45) is 3.85. The first-order chi connectivity index (χ1) is 22.6. The molecule has 0 radical (unpaired) electrons. The molecule has 4 rings (SSSR count). The zero-order valence-corrected chi connectivity index (χ0v) is 33.5. The fraction of sp³-hybridized carbons (Fsp3) is 0.300. The molecule has 256 valence electrons. The fourth-order valence-electron chi connectivity index (χ4n) is 4.90. The molecule has 0 amide bonds. The molecule has 6 atom stereocenters. The molecule has 0 aromatic heterocycles. The minimum atomic E-state index is -1.18. The van der Waals surface area contributed by atoms with E-state index < -0.39 is 22.0 Å². The van der Waals surface area contributed by atoms with E-state index in [4.69, 9.17) is 0 Å². The van der Waals surface area contributed by atoms with Gasteiger partial charge in [0.05, 0.1) is 43.5 Å². The summed E-state index contributed by atoms with van der Waals surface area (Å²) in [7, 11) is -2.36. The van der Waals surface area contributed by atoms with Gasteiger partial charge in [0.2, 0.25) is 0 Å². The van der Waals surface area contributed by atoms with Crippen LogP contribution in [-0.4, -0.2) is 17.9 Å². The van der Waals surface area contributed by atoms with Crippen LogP contribution in [0.15, 0.2) is 143 Å². The number of halogens is 2. The maximum Gasteiger partial charge on any atom is 0.0976 e. The highest BCUT2D eigenvalue weighted by Gasteiger charge is 2.30. The molecule has 0 saturated heterocycles. The van der Waals surface area contributed by atoms with Crippen LogP contribution in [-0.2, 0) is 22.0 Å². The van der Waals surface area contributed by atoms with Crippen molar-refractivity contribution in [1.82, 2.24) is 9.44 Å². The third-order valence-corrected chi connectivity index (χ3v) is 11.9. The van der Waals surface area contributed by atoms with Gasteiger partial charge in [0.1, 0.15) is 0 Å². The van der Waals surface area contributed by atoms with Crippen LogP contribution in [0, 0.1) is 0 Å². The monoisotopic (exact) mass is 810 g/mol. The quantitative estimate of drug-likeness (QED) is 0.140. The van der Waals surface area contributed by atoms with E-state index in [-0.39, 0.29) is 33.4 Å². The van der Waals surface area contributed by atoms with Gasteiger partial charge < -0.3 is 0 Å². The predicted octanol–water partition coefficient (Wildman–Crippen LogP) is 11.0. The second-order valence-corrected chi connectivity index (χ2v) is 19.2. The smallest absolute Gasteiger partial charge is 0.0976 e. The second-order valence-electron chi connectivity index (χ2n) is 13.4. The summed E-state index contributed by atoms with van der Waals surface area (Å²) in [4.78, 5) is 0.